The highest BCUT2D eigenvalue weighted by Crippen LogP contribution is 2.52. The zero-order valence-corrected chi connectivity index (χ0v) is 49.9. The Hall–Kier alpha value is -8.14. The molecule has 0 unspecified atom stereocenters. The molecule has 0 N–H and O–H groups in total. The van der Waals surface area contributed by atoms with E-state index < -0.39 is 0 Å². The molecule has 0 aromatic heterocycles. The fourth-order valence-electron chi connectivity index (χ4n) is 12.6. The summed E-state index contributed by atoms with van der Waals surface area (Å²) in [6.07, 6.45) is 0. The van der Waals surface area contributed by atoms with Gasteiger partial charge in [0, 0.05) is 39.6 Å². The van der Waals surface area contributed by atoms with Crippen molar-refractivity contribution >= 4 is 57.2 Å². The van der Waals surface area contributed by atoms with E-state index in [1.807, 2.05) is 0 Å². The maximum absolute atomic E-state index is 2.68. The van der Waals surface area contributed by atoms with Gasteiger partial charge in [-0.2, -0.15) is 0 Å². The summed E-state index contributed by atoms with van der Waals surface area (Å²) in [7, 11) is 0. The van der Waals surface area contributed by atoms with Crippen molar-refractivity contribution in [3.05, 3.63) is 246 Å². The van der Waals surface area contributed by atoms with Gasteiger partial charge in [0.1, 0.15) is 0 Å². The van der Waals surface area contributed by atoms with E-state index >= 15 is 0 Å². The van der Waals surface area contributed by atoms with Crippen LogP contribution in [0.5, 0.6) is 0 Å². The van der Waals surface area contributed by atoms with Crippen molar-refractivity contribution in [3.8, 4) is 55.6 Å². The molecule has 402 valence electrons. The summed E-state index contributed by atoms with van der Waals surface area (Å²) >= 11 is 0. The lowest BCUT2D eigenvalue weighted by atomic mass is 9.33. The number of rotatable bonds is 9. The first-order chi connectivity index (χ1) is 38.7. The molecular formula is C78H77BN2. The summed E-state index contributed by atoms with van der Waals surface area (Å²) in [5.74, 6) is 0.772. The number of para-hydroxylation sites is 1. The fourth-order valence-corrected chi connectivity index (χ4v) is 12.6. The average Bonchev–Trinajstić information content (AvgIpc) is 1.82. The molecule has 81 heavy (non-hydrogen) atoms. The third-order valence-corrected chi connectivity index (χ3v) is 17.3. The summed E-state index contributed by atoms with van der Waals surface area (Å²) < 4.78 is 0. The van der Waals surface area contributed by atoms with E-state index in [0.717, 1.165) is 11.4 Å². The molecule has 3 heteroatoms. The van der Waals surface area contributed by atoms with Crippen LogP contribution in [0.25, 0.3) is 55.6 Å². The highest BCUT2D eigenvalue weighted by Gasteiger charge is 2.45. The van der Waals surface area contributed by atoms with Crippen LogP contribution in [0.4, 0.5) is 34.1 Å². The largest absolute Gasteiger partial charge is 0.311 e. The molecule has 0 saturated heterocycles. The van der Waals surface area contributed by atoms with E-state index in [1.165, 1.54) is 123 Å². The van der Waals surface area contributed by atoms with Crippen LogP contribution in [0.15, 0.2) is 218 Å². The van der Waals surface area contributed by atoms with Gasteiger partial charge < -0.3 is 9.80 Å². The van der Waals surface area contributed by atoms with Crippen LogP contribution in [0, 0.1) is 0 Å². The van der Waals surface area contributed by atoms with Crippen molar-refractivity contribution < 1.29 is 0 Å². The summed E-state index contributed by atoms with van der Waals surface area (Å²) in [5, 5.41) is 0. The Labute approximate surface area is 484 Å². The monoisotopic (exact) mass is 1050 g/mol. The minimum atomic E-state index is -0.105. The second kappa shape index (κ2) is 20.4. The van der Waals surface area contributed by atoms with Crippen molar-refractivity contribution in [3.63, 3.8) is 0 Å². The summed E-state index contributed by atoms with van der Waals surface area (Å²) in [5.41, 5.74) is 29.6. The van der Waals surface area contributed by atoms with E-state index in [4.69, 9.17) is 0 Å². The smallest absolute Gasteiger partial charge is 0.252 e. The molecule has 0 spiro atoms. The molecule has 0 atom stereocenters. The van der Waals surface area contributed by atoms with Crippen molar-refractivity contribution in [1.29, 1.82) is 0 Å². The molecule has 12 rings (SSSR count). The van der Waals surface area contributed by atoms with Gasteiger partial charge in [0.2, 0.25) is 0 Å². The first-order valence-electron chi connectivity index (χ1n) is 29.5. The molecular weight excluding hydrogens is 976 g/mol. The number of benzene rings is 10. The second-order valence-corrected chi connectivity index (χ2v) is 26.6. The average molecular weight is 1050 g/mol. The maximum Gasteiger partial charge on any atom is 0.252 e. The van der Waals surface area contributed by atoms with Crippen molar-refractivity contribution in [1.82, 2.24) is 0 Å². The number of anilines is 6. The Balaban J connectivity index is 1.25. The molecule has 10 aromatic rings. The Morgan fingerprint density at radius 2 is 0.840 bits per heavy atom. The molecule has 0 bridgehead atoms. The minimum absolute atomic E-state index is 0.0785. The molecule has 0 amide bonds. The number of hydrogen-bond donors (Lipinski definition) is 0. The normalized spacial score (nSPS) is 13.1. The summed E-state index contributed by atoms with van der Waals surface area (Å²) in [6, 6.07) is 83.8. The van der Waals surface area contributed by atoms with Gasteiger partial charge in [0.15, 0.2) is 0 Å². The Morgan fingerprint density at radius 1 is 0.321 bits per heavy atom. The van der Waals surface area contributed by atoms with Gasteiger partial charge in [-0.05, 0) is 153 Å². The zero-order chi connectivity index (χ0) is 56.7. The predicted molar refractivity (Wildman–Crippen MR) is 352 cm³/mol. The van der Waals surface area contributed by atoms with Gasteiger partial charge in [-0.1, -0.05) is 272 Å². The summed E-state index contributed by atoms with van der Waals surface area (Å²) in [4.78, 5) is 5.30. The van der Waals surface area contributed by atoms with Crippen molar-refractivity contribution in [2.75, 3.05) is 9.80 Å². The quantitative estimate of drug-likeness (QED) is 0.133. The van der Waals surface area contributed by atoms with E-state index in [2.05, 4.69) is 318 Å². The minimum Gasteiger partial charge on any atom is -0.311 e. The third kappa shape index (κ3) is 9.83. The molecule has 0 radical (unpaired) electrons. The molecule has 2 nitrogen and oxygen atoms in total. The van der Waals surface area contributed by atoms with Crippen LogP contribution < -0.4 is 26.2 Å². The Kier molecular flexibility index (Phi) is 13.5. The van der Waals surface area contributed by atoms with Crippen LogP contribution in [-0.4, -0.2) is 6.71 Å². The van der Waals surface area contributed by atoms with Gasteiger partial charge in [-0.15, -0.1) is 0 Å². The number of hydrogen-bond acceptors (Lipinski definition) is 2. The predicted octanol–water partition coefficient (Wildman–Crippen LogP) is 20.2. The van der Waals surface area contributed by atoms with Crippen LogP contribution >= 0.6 is 0 Å². The van der Waals surface area contributed by atoms with Crippen LogP contribution in [0.2, 0.25) is 0 Å². The van der Waals surface area contributed by atoms with Crippen molar-refractivity contribution in [2.24, 2.45) is 0 Å². The number of nitrogens with zero attached hydrogens (tertiary/aromatic N) is 2. The van der Waals surface area contributed by atoms with Gasteiger partial charge in [0.05, 0.1) is 5.69 Å². The lowest BCUT2D eigenvalue weighted by Gasteiger charge is -2.45. The molecule has 0 saturated carbocycles. The lowest BCUT2D eigenvalue weighted by Crippen LogP contribution is -2.61. The highest BCUT2D eigenvalue weighted by atomic mass is 15.2. The van der Waals surface area contributed by atoms with Crippen LogP contribution in [0.3, 0.4) is 0 Å². The maximum atomic E-state index is 2.68. The Bertz CT molecular complexity index is 3890. The van der Waals surface area contributed by atoms with Gasteiger partial charge >= 0.3 is 0 Å². The second-order valence-electron chi connectivity index (χ2n) is 26.6. The SMILES string of the molecule is CC(C)c1ccc(-c2ccc3c(c2)B2c4ccc(C(C)(C)C)cc4N(c4ccc(-c5ccccc5)cc4)c4cc(-c5cc(C(C)(C)C)cc(C(C)(C)C)c5)cc(c42)N3c2c(-c3ccccc3)cccc2-c2ccccc2)c(C(C)C)c1. The molecule has 2 aliphatic heterocycles. The van der Waals surface area contributed by atoms with Gasteiger partial charge in [-0.3, -0.25) is 0 Å². The van der Waals surface area contributed by atoms with Crippen LogP contribution in [0.1, 0.15) is 130 Å². The van der Waals surface area contributed by atoms with Crippen molar-refractivity contribution in [2.45, 2.75) is 118 Å². The van der Waals surface area contributed by atoms with E-state index in [0.29, 0.717) is 11.8 Å². The molecule has 0 fully saturated rings. The fraction of sp³-hybridized carbons (Fsp3) is 0.231. The topological polar surface area (TPSA) is 6.48 Å². The third-order valence-electron chi connectivity index (χ3n) is 17.3. The first kappa shape index (κ1) is 53.5. The molecule has 2 aliphatic rings. The molecule has 2 heterocycles. The van der Waals surface area contributed by atoms with E-state index in [1.54, 1.807) is 0 Å². The lowest BCUT2D eigenvalue weighted by molar-refractivity contribution is 0.569. The van der Waals surface area contributed by atoms with Gasteiger partial charge in [0.25, 0.3) is 6.71 Å². The standard InChI is InChI=1S/C78H77BN2/c1-50(2)56-34-39-64(67(44-56)51(3)4)57-35-41-70-69(45-57)79-68-40-36-60(76(5,6)7)49-71(68)80(63-37-32-53(33-38-63)52-24-17-14-18-25-52)72-46-59(58-42-61(77(8,9)10)48-62(43-58)78(11,12)13)47-73(74(72)79)81(70)75-65(54-26-19-15-20-27-54)30-23-31-66(75)55-28-21-16-22-29-55/h14-51H,1-13H3. The molecule has 0 aliphatic carbocycles. The Morgan fingerprint density at radius 3 is 1.38 bits per heavy atom. The number of fused-ring (bicyclic) bond motifs is 4. The highest BCUT2D eigenvalue weighted by molar-refractivity contribution is 7.00. The van der Waals surface area contributed by atoms with E-state index in [-0.39, 0.29) is 23.0 Å². The van der Waals surface area contributed by atoms with Gasteiger partial charge in [-0.25, -0.2) is 0 Å². The summed E-state index contributed by atoms with van der Waals surface area (Å²) in [6.45, 7) is 30.4. The first-order valence-corrected chi connectivity index (χ1v) is 29.5. The van der Waals surface area contributed by atoms with Crippen LogP contribution in [-0.2, 0) is 16.2 Å². The molecule has 10 aromatic carbocycles. The van der Waals surface area contributed by atoms with E-state index in [9.17, 15) is 0 Å². The zero-order valence-electron chi connectivity index (χ0n) is 49.9.